The molecule has 5 heteroatoms. The zero-order valence-corrected chi connectivity index (χ0v) is 15.6. The van der Waals surface area contributed by atoms with E-state index in [2.05, 4.69) is 34.4 Å². The lowest BCUT2D eigenvalue weighted by atomic mass is 10.2. The number of ether oxygens (including phenoxy) is 2. The Balaban J connectivity index is 1.76. The molecule has 27 heavy (non-hydrogen) atoms. The first-order valence-corrected chi connectivity index (χ1v) is 8.71. The third-order valence-electron chi connectivity index (χ3n) is 4.10. The molecule has 0 saturated heterocycles. The van der Waals surface area contributed by atoms with Crippen LogP contribution < -0.4 is 9.47 Å². The van der Waals surface area contributed by atoms with Gasteiger partial charge in [0.25, 0.3) is 0 Å². The smallest absolute Gasteiger partial charge is 0.118 e. The minimum absolute atomic E-state index is 0.687. The molecule has 2 aromatic carbocycles. The molecule has 0 saturated carbocycles. The summed E-state index contributed by atoms with van der Waals surface area (Å²) in [6.45, 7) is 1.37. The summed E-state index contributed by atoms with van der Waals surface area (Å²) in [6.07, 6.45) is 5.38. The van der Waals surface area contributed by atoms with E-state index in [4.69, 9.17) is 9.47 Å². The Bertz CT molecular complexity index is 797. The van der Waals surface area contributed by atoms with Gasteiger partial charge in [-0.1, -0.05) is 30.3 Å². The number of rotatable bonds is 8. The van der Waals surface area contributed by atoms with Gasteiger partial charge in [0.15, 0.2) is 0 Å². The predicted molar refractivity (Wildman–Crippen MR) is 107 cm³/mol. The molecule has 0 fully saturated rings. The molecule has 0 N–H and O–H groups in total. The number of pyridine rings is 1. The largest absolute Gasteiger partial charge is 0.497 e. The molecule has 0 bridgehead atoms. The minimum atomic E-state index is 0.687. The molecule has 0 aliphatic carbocycles. The van der Waals surface area contributed by atoms with Crippen molar-refractivity contribution >= 4 is 6.21 Å². The molecule has 0 aliphatic rings. The van der Waals surface area contributed by atoms with E-state index in [1.54, 1.807) is 26.6 Å². The number of aromatic nitrogens is 1. The average Bonchev–Trinajstić information content (AvgIpc) is 2.74. The van der Waals surface area contributed by atoms with E-state index in [9.17, 15) is 0 Å². The Morgan fingerprint density at radius 3 is 1.85 bits per heavy atom. The number of hydrazone groups is 1. The lowest BCUT2D eigenvalue weighted by Crippen LogP contribution is -2.17. The van der Waals surface area contributed by atoms with Crippen LogP contribution in [0, 0.1) is 0 Å². The van der Waals surface area contributed by atoms with E-state index in [0.717, 1.165) is 28.2 Å². The monoisotopic (exact) mass is 361 g/mol. The van der Waals surface area contributed by atoms with Gasteiger partial charge in [-0.05, 0) is 41.5 Å². The van der Waals surface area contributed by atoms with Crippen LogP contribution in [0.2, 0.25) is 0 Å². The van der Waals surface area contributed by atoms with E-state index in [-0.39, 0.29) is 0 Å². The number of benzene rings is 2. The molecule has 1 heterocycles. The topological polar surface area (TPSA) is 47.0 Å². The summed E-state index contributed by atoms with van der Waals surface area (Å²) in [5.74, 6) is 1.69. The second-order valence-electron chi connectivity index (χ2n) is 6.05. The van der Waals surface area contributed by atoms with Crippen LogP contribution in [-0.4, -0.2) is 30.4 Å². The van der Waals surface area contributed by atoms with Gasteiger partial charge in [-0.2, -0.15) is 5.10 Å². The number of hydrogen-bond acceptors (Lipinski definition) is 5. The van der Waals surface area contributed by atoms with Crippen molar-refractivity contribution < 1.29 is 9.47 Å². The summed E-state index contributed by atoms with van der Waals surface area (Å²) in [6, 6.07) is 20.0. The van der Waals surface area contributed by atoms with Gasteiger partial charge in [-0.3, -0.25) is 9.99 Å². The molecule has 0 unspecified atom stereocenters. The highest BCUT2D eigenvalue weighted by molar-refractivity contribution is 5.78. The maximum atomic E-state index is 5.23. The first-order chi connectivity index (χ1) is 13.3. The Morgan fingerprint density at radius 1 is 0.852 bits per heavy atom. The number of hydrogen-bond donors (Lipinski definition) is 0. The SMILES string of the molecule is COc1ccc(CN(Cc2ccc(OC)cc2)N=Cc2cccnc2)cc1. The van der Waals surface area contributed by atoms with Gasteiger partial charge in [0.2, 0.25) is 0 Å². The molecule has 1 aromatic heterocycles. The Kier molecular flexibility index (Phi) is 6.41. The summed E-state index contributed by atoms with van der Waals surface area (Å²) in [7, 11) is 3.34. The molecule has 0 amide bonds. The maximum absolute atomic E-state index is 5.23. The van der Waals surface area contributed by atoms with Gasteiger partial charge in [0, 0.05) is 18.0 Å². The Morgan fingerprint density at radius 2 is 1.41 bits per heavy atom. The molecule has 3 rings (SSSR count). The van der Waals surface area contributed by atoms with E-state index in [1.807, 2.05) is 47.6 Å². The fraction of sp³-hybridized carbons (Fsp3) is 0.182. The highest BCUT2D eigenvalue weighted by atomic mass is 16.5. The van der Waals surface area contributed by atoms with Crippen molar-refractivity contribution in [3.63, 3.8) is 0 Å². The summed E-state index contributed by atoms with van der Waals surface area (Å²) >= 11 is 0. The van der Waals surface area contributed by atoms with Crippen LogP contribution in [0.25, 0.3) is 0 Å². The highest BCUT2D eigenvalue weighted by Crippen LogP contribution is 2.17. The second-order valence-corrected chi connectivity index (χ2v) is 6.05. The van der Waals surface area contributed by atoms with Crippen molar-refractivity contribution in [3.8, 4) is 11.5 Å². The van der Waals surface area contributed by atoms with Gasteiger partial charge in [-0.15, -0.1) is 0 Å². The summed E-state index contributed by atoms with van der Waals surface area (Å²) in [5, 5.41) is 6.70. The molecular formula is C22H23N3O2. The van der Waals surface area contributed by atoms with Gasteiger partial charge in [0.1, 0.15) is 11.5 Å². The second kappa shape index (κ2) is 9.38. The van der Waals surface area contributed by atoms with E-state index < -0.39 is 0 Å². The van der Waals surface area contributed by atoms with Gasteiger partial charge in [0.05, 0.1) is 33.5 Å². The lowest BCUT2D eigenvalue weighted by Gasteiger charge is -2.20. The summed E-state index contributed by atoms with van der Waals surface area (Å²) in [5.41, 5.74) is 3.28. The molecule has 138 valence electrons. The molecule has 3 aromatic rings. The van der Waals surface area contributed by atoms with E-state index in [1.165, 1.54) is 0 Å². The molecule has 5 nitrogen and oxygen atoms in total. The zero-order chi connectivity index (χ0) is 18.9. The van der Waals surface area contributed by atoms with Crippen LogP contribution >= 0.6 is 0 Å². The minimum Gasteiger partial charge on any atom is -0.497 e. The van der Waals surface area contributed by atoms with Crippen molar-refractivity contribution in [2.24, 2.45) is 5.10 Å². The number of methoxy groups -OCH3 is 2. The fourth-order valence-electron chi connectivity index (χ4n) is 2.62. The fourth-order valence-corrected chi connectivity index (χ4v) is 2.62. The van der Waals surface area contributed by atoms with Crippen molar-refractivity contribution in [2.45, 2.75) is 13.1 Å². The third kappa shape index (κ3) is 5.57. The van der Waals surface area contributed by atoms with E-state index in [0.29, 0.717) is 13.1 Å². The van der Waals surface area contributed by atoms with Crippen LogP contribution in [0.3, 0.4) is 0 Å². The van der Waals surface area contributed by atoms with Crippen LogP contribution in [0.15, 0.2) is 78.2 Å². The molecule has 0 spiro atoms. The van der Waals surface area contributed by atoms with Gasteiger partial charge in [-0.25, -0.2) is 0 Å². The van der Waals surface area contributed by atoms with Crippen molar-refractivity contribution in [3.05, 3.63) is 89.7 Å². The summed E-state index contributed by atoms with van der Waals surface area (Å²) in [4.78, 5) is 4.13. The van der Waals surface area contributed by atoms with Gasteiger partial charge >= 0.3 is 0 Å². The third-order valence-corrected chi connectivity index (χ3v) is 4.10. The van der Waals surface area contributed by atoms with Gasteiger partial charge < -0.3 is 9.47 Å². The van der Waals surface area contributed by atoms with Crippen LogP contribution in [-0.2, 0) is 13.1 Å². The number of nitrogens with zero attached hydrogens (tertiary/aromatic N) is 3. The summed E-state index contributed by atoms with van der Waals surface area (Å²) < 4.78 is 10.5. The Hall–Kier alpha value is -3.34. The molecule has 0 aliphatic heterocycles. The van der Waals surface area contributed by atoms with E-state index >= 15 is 0 Å². The first-order valence-electron chi connectivity index (χ1n) is 8.71. The first kappa shape index (κ1) is 18.5. The van der Waals surface area contributed by atoms with Crippen LogP contribution in [0.1, 0.15) is 16.7 Å². The quantitative estimate of drug-likeness (QED) is 0.447. The van der Waals surface area contributed by atoms with Crippen LogP contribution in [0.4, 0.5) is 0 Å². The lowest BCUT2D eigenvalue weighted by molar-refractivity contribution is 0.272. The molecule has 0 atom stereocenters. The molecular weight excluding hydrogens is 338 g/mol. The zero-order valence-electron chi connectivity index (χ0n) is 15.6. The normalized spacial score (nSPS) is 10.7. The van der Waals surface area contributed by atoms with Crippen LogP contribution in [0.5, 0.6) is 11.5 Å². The van der Waals surface area contributed by atoms with Crippen molar-refractivity contribution in [1.82, 2.24) is 9.99 Å². The van der Waals surface area contributed by atoms with Crippen molar-refractivity contribution in [1.29, 1.82) is 0 Å². The average molecular weight is 361 g/mol. The molecule has 0 radical (unpaired) electrons. The standard InChI is InChI=1S/C22H23N3O2/c1-26-21-9-5-18(6-10-21)16-25(24-15-20-4-3-13-23-14-20)17-19-7-11-22(27-2)12-8-19/h3-15H,16-17H2,1-2H3. The maximum Gasteiger partial charge on any atom is 0.118 e. The highest BCUT2D eigenvalue weighted by Gasteiger charge is 2.05. The Labute approximate surface area is 159 Å². The van der Waals surface area contributed by atoms with Crippen molar-refractivity contribution in [2.75, 3.05) is 14.2 Å². The predicted octanol–water partition coefficient (Wildman–Crippen LogP) is 4.14.